The smallest absolute Gasteiger partial charge is 0.334 e. The number of allylic oxidation sites excluding steroid dienone is 3. The Kier molecular flexibility index (Phi) is 5.81. The van der Waals surface area contributed by atoms with Gasteiger partial charge in [-0.15, -0.1) is 0 Å². The lowest BCUT2D eigenvalue weighted by Crippen LogP contribution is -2.33. The molecule has 0 N–H and O–H groups in total. The van der Waals surface area contributed by atoms with Gasteiger partial charge < -0.3 is 9.47 Å². The van der Waals surface area contributed by atoms with Gasteiger partial charge in [0.25, 0.3) is 0 Å². The van der Waals surface area contributed by atoms with E-state index in [-0.39, 0.29) is 11.9 Å². The third-order valence-electron chi connectivity index (χ3n) is 4.68. The number of hydrogen-bond donors (Lipinski definition) is 0. The molecule has 0 aromatic rings. The number of hydrogen-bond acceptors (Lipinski definition) is 4. The van der Waals surface area contributed by atoms with E-state index in [1.54, 1.807) is 19.9 Å². The maximum absolute atomic E-state index is 12.3. The van der Waals surface area contributed by atoms with Gasteiger partial charge in [0.2, 0.25) is 0 Å². The van der Waals surface area contributed by atoms with Crippen LogP contribution in [0.1, 0.15) is 47.0 Å². The van der Waals surface area contributed by atoms with Gasteiger partial charge in [0.1, 0.15) is 12.2 Å². The van der Waals surface area contributed by atoms with Crippen LogP contribution in [0.4, 0.5) is 0 Å². The van der Waals surface area contributed by atoms with Crippen molar-refractivity contribution in [3.63, 3.8) is 0 Å². The first-order valence-electron chi connectivity index (χ1n) is 8.40. The van der Waals surface area contributed by atoms with Crippen LogP contribution in [-0.4, -0.2) is 24.1 Å². The van der Waals surface area contributed by atoms with Crippen molar-refractivity contribution in [1.29, 1.82) is 0 Å². The Morgan fingerprint density at radius 3 is 2.75 bits per heavy atom. The molecule has 0 aromatic heterocycles. The molecule has 0 radical (unpaired) electrons. The van der Waals surface area contributed by atoms with Crippen molar-refractivity contribution in [2.75, 3.05) is 0 Å². The van der Waals surface area contributed by atoms with E-state index < -0.39 is 18.2 Å². The highest BCUT2D eigenvalue weighted by atomic mass is 16.6. The zero-order valence-corrected chi connectivity index (χ0v) is 14.9. The first-order valence-corrected chi connectivity index (χ1v) is 8.40. The highest BCUT2D eigenvalue weighted by Crippen LogP contribution is 2.36. The van der Waals surface area contributed by atoms with E-state index in [1.165, 1.54) is 0 Å². The van der Waals surface area contributed by atoms with Gasteiger partial charge in [0.15, 0.2) is 0 Å². The van der Waals surface area contributed by atoms with Crippen molar-refractivity contribution >= 4 is 11.9 Å². The zero-order chi connectivity index (χ0) is 17.9. The van der Waals surface area contributed by atoms with Gasteiger partial charge in [0, 0.05) is 17.6 Å². The van der Waals surface area contributed by atoms with Crippen molar-refractivity contribution in [2.45, 2.75) is 59.2 Å². The third kappa shape index (κ3) is 4.05. The average molecular weight is 330 g/mol. The predicted molar refractivity (Wildman–Crippen MR) is 93.2 cm³/mol. The number of rotatable bonds is 2. The standard InChI is InChI=1S/C20H26O4/c1-6-14(4)19(21)23-16-10-12(2)8-7-9-13(3)11-17-18(16)15(5)20(22)24-17/h6,8,11,16-18H,5,7,9-10H2,1-4H3/t16-,17-,18-/m1/s1. The highest BCUT2D eigenvalue weighted by Gasteiger charge is 2.44. The fourth-order valence-corrected chi connectivity index (χ4v) is 3.08. The van der Waals surface area contributed by atoms with Crippen LogP contribution >= 0.6 is 0 Å². The maximum atomic E-state index is 12.3. The van der Waals surface area contributed by atoms with Gasteiger partial charge in [0.05, 0.1) is 5.92 Å². The van der Waals surface area contributed by atoms with Crippen LogP contribution in [0, 0.1) is 5.92 Å². The van der Waals surface area contributed by atoms with E-state index in [2.05, 4.69) is 12.7 Å². The molecule has 1 heterocycles. The van der Waals surface area contributed by atoms with E-state index in [9.17, 15) is 9.59 Å². The Morgan fingerprint density at radius 1 is 1.38 bits per heavy atom. The summed E-state index contributed by atoms with van der Waals surface area (Å²) in [6.45, 7) is 11.5. The summed E-state index contributed by atoms with van der Waals surface area (Å²) in [6.07, 6.45) is 7.40. The van der Waals surface area contributed by atoms with E-state index >= 15 is 0 Å². The zero-order valence-electron chi connectivity index (χ0n) is 14.9. The molecule has 0 amide bonds. The molecule has 4 nitrogen and oxygen atoms in total. The lowest BCUT2D eigenvalue weighted by Gasteiger charge is -2.27. The largest absolute Gasteiger partial charge is 0.458 e. The van der Waals surface area contributed by atoms with Gasteiger partial charge in [-0.2, -0.15) is 0 Å². The van der Waals surface area contributed by atoms with Gasteiger partial charge in [-0.25, -0.2) is 9.59 Å². The van der Waals surface area contributed by atoms with Crippen LogP contribution in [0.2, 0.25) is 0 Å². The molecule has 4 heteroatoms. The van der Waals surface area contributed by atoms with Gasteiger partial charge >= 0.3 is 11.9 Å². The monoisotopic (exact) mass is 330 g/mol. The molecule has 130 valence electrons. The Labute approximate surface area is 143 Å². The Hall–Kier alpha value is -2.10. The van der Waals surface area contributed by atoms with Crippen LogP contribution in [-0.2, 0) is 19.1 Å². The highest BCUT2D eigenvalue weighted by molar-refractivity contribution is 5.92. The summed E-state index contributed by atoms with van der Waals surface area (Å²) in [5.41, 5.74) is 3.24. The minimum Gasteiger partial charge on any atom is -0.458 e. The summed E-state index contributed by atoms with van der Waals surface area (Å²) in [7, 11) is 0. The topological polar surface area (TPSA) is 52.6 Å². The quantitative estimate of drug-likeness (QED) is 0.436. The number of carbonyl (C=O) groups is 2. The maximum Gasteiger partial charge on any atom is 0.334 e. The van der Waals surface area contributed by atoms with Crippen LogP contribution in [0.25, 0.3) is 0 Å². The molecular weight excluding hydrogens is 304 g/mol. The third-order valence-corrected chi connectivity index (χ3v) is 4.68. The second-order valence-corrected chi connectivity index (χ2v) is 6.64. The van der Waals surface area contributed by atoms with Crippen molar-refractivity contribution in [3.05, 3.63) is 47.1 Å². The van der Waals surface area contributed by atoms with E-state index in [0.717, 1.165) is 24.0 Å². The van der Waals surface area contributed by atoms with Crippen LogP contribution in [0.5, 0.6) is 0 Å². The summed E-state index contributed by atoms with van der Waals surface area (Å²) in [5, 5.41) is 0. The molecule has 24 heavy (non-hydrogen) atoms. The lowest BCUT2D eigenvalue weighted by molar-refractivity contribution is -0.147. The second-order valence-electron chi connectivity index (χ2n) is 6.64. The first kappa shape index (κ1) is 18.2. The second kappa shape index (κ2) is 7.65. The minimum absolute atomic E-state index is 0.345. The van der Waals surface area contributed by atoms with Crippen LogP contribution in [0.15, 0.2) is 47.1 Å². The Morgan fingerprint density at radius 2 is 2.08 bits per heavy atom. The molecule has 2 rings (SSSR count). The average Bonchev–Trinajstić information content (AvgIpc) is 2.79. The fraction of sp³-hybridized carbons (Fsp3) is 0.500. The van der Waals surface area contributed by atoms with Crippen molar-refractivity contribution in [1.82, 2.24) is 0 Å². The molecule has 0 saturated carbocycles. The molecule has 1 saturated heterocycles. The van der Waals surface area contributed by atoms with E-state index in [1.807, 2.05) is 19.9 Å². The molecule has 0 unspecified atom stereocenters. The Balaban J connectivity index is 2.38. The summed E-state index contributed by atoms with van der Waals surface area (Å²) in [4.78, 5) is 24.3. The summed E-state index contributed by atoms with van der Waals surface area (Å²) >= 11 is 0. The molecule has 1 aliphatic carbocycles. The van der Waals surface area contributed by atoms with Gasteiger partial charge in [-0.3, -0.25) is 0 Å². The molecule has 2 aliphatic rings. The van der Waals surface area contributed by atoms with Gasteiger partial charge in [-0.1, -0.05) is 29.9 Å². The Bertz CT molecular complexity index is 636. The van der Waals surface area contributed by atoms with Crippen LogP contribution < -0.4 is 0 Å². The molecule has 0 aromatic carbocycles. The molecule has 1 fully saturated rings. The molecule has 3 atom stereocenters. The first-order chi connectivity index (χ1) is 11.3. The normalized spacial score (nSPS) is 28.5. The van der Waals surface area contributed by atoms with E-state index in [4.69, 9.17) is 9.47 Å². The minimum atomic E-state index is -0.463. The molecule has 0 bridgehead atoms. The summed E-state index contributed by atoms with van der Waals surface area (Å²) in [5.74, 6) is -1.11. The molecular formula is C20H26O4. The fourth-order valence-electron chi connectivity index (χ4n) is 3.08. The lowest BCUT2D eigenvalue weighted by atomic mass is 9.85. The van der Waals surface area contributed by atoms with Crippen molar-refractivity contribution in [3.8, 4) is 0 Å². The number of fused-ring (bicyclic) bond motifs is 1. The summed E-state index contributed by atoms with van der Waals surface area (Å²) < 4.78 is 11.2. The summed E-state index contributed by atoms with van der Waals surface area (Å²) in [6, 6.07) is 0. The number of esters is 2. The van der Waals surface area contributed by atoms with Crippen LogP contribution in [0.3, 0.4) is 0 Å². The SMILES string of the molecule is C=C1C(=O)O[C@@H]2C=C(C)CCC=C(C)C[C@@H](OC(=O)C(C)=CC)[C@@H]12. The van der Waals surface area contributed by atoms with Crippen molar-refractivity contribution in [2.24, 2.45) is 5.92 Å². The number of ether oxygens (including phenoxy) is 2. The van der Waals surface area contributed by atoms with Gasteiger partial charge in [-0.05, 0) is 46.6 Å². The molecule has 0 spiro atoms. The predicted octanol–water partition coefficient (Wildman–Crippen LogP) is 4.04. The van der Waals surface area contributed by atoms with Crippen molar-refractivity contribution < 1.29 is 19.1 Å². The van der Waals surface area contributed by atoms with E-state index in [0.29, 0.717) is 17.6 Å². The molecule has 1 aliphatic heterocycles. The number of carbonyl (C=O) groups excluding carboxylic acids is 2.